The molecule has 0 saturated heterocycles. The standard InChI is InChI=1S/C32H35NO2/c1-19(34)35-25-10-12-31(2)24(18-25)8-9-26-27(31)11-13-32(3)28(26)16-23-15-22-14-20-6-4-5-7-21(20)17-29(22)33-30(23)32/h4-8,14-15,17,25-28H,9-13,16,18H2,1-3H3/t25?,26?,27?,28?,31-,32-/m0/s1. The van der Waals surface area contributed by atoms with Gasteiger partial charge in [-0.2, -0.15) is 0 Å². The Labute approximate surface area is 208 Å². The number of hydrogen-bond donors (Lipinski definition) is 0. The van der Waals surface area contributed by atoms with E-state index in [0.717, 1.165) is 37.1 Å². The molecular formula is C32H35NO2. The zero-order valence-corrected chi connectivity index (χ0v) is 21.1. The zero-order valence-electron chi connectivity index (χ0n) is 21.1. The molecule has 180 valence electrons. The van der Waals surface area contributed by atoms with Crippen molar-refractivity contribution in [2.75, 3.05) is 0 Å². The second-order valence-corrected chi connectivity index (χ2v) is 12.3. The van der Waals surface area contributed by atoms with E-state index in [9.17, 15) is 4.79 Å². The van der Waals surface area contributed by atoms with E-state index >= 15 is 0 Å². The number of rotatable bonds is 1. The molecule has 2 saturated carbocycles. The molecule has 35 heavy (non-hydrogen) atoms. The topological polar surface area (TPSA) is 39.2 Å². The maximum Gasteiger partial charge on any atom is 0.302 e. The molecule has 0 bridgehead atoms. The van der Waals surface area contributed by atoms with Crippen LogP contribution in [0.5, 0.6) is 0 Å². The van der Waals surface area contributed by atoms with E-state index in [2.05, 4.69) is 62.4 Å². The summed E-state index contributed by atoms with van der Waals surface area (Å²) in [5, 5.41) is 3.85. The van der Waals surface area contributed by atoms with Gasteiger partial charge in [-0.1, -0.05) is 49.8 Å². The van der Waals surface area contributed by atoms with Crippen LogP contribution in [0.4, 0.5) is 0 Å². The van der Waals surface area contributed by atoms with Crippen LogP contribution in [-0.2, 0) is 21.4 Å². The Morgan fingerprint density at radius 1 is 0.943 bits per heavy atom. The van der Waals surface area contributed by atoms with E-state index in [1.807, 2.05) is 0 Å². The lowest BCUT2D eigenvalue weighted by Gasteiger charge is -2.57. The quantitative estimate of drug-likeness (QED) is 0.215. The van der Waals surface area contributed by atoms with Gasteiger partial charge >= 0.3 is 5.97 Å². The Kier molecular flexibility index (Phi) is 4.57. The molecule has 4 aliphatic rings. The fourth-order valence-electron chi connectivity index (χ4n) is 8.75. The molecule has 6 atom stereocenters. The smallest absolute Gasteiger partial charge is 0.302 e. The second kappa shape index (κ2) is 7.41. The molecule has 0 amide bonds. The highest BCUT2D eigenvalue weighted by Crippen LogP contribution is 2.64. The minimum atomic E-state index is -0.141. The van der Waals surface area contributed by atoms with Crippen molar-refractivity contribution in [1.82, 2.24) is 4.98 Å². The highest BCUT2D eigenvalue weighted by atomic mass is 16.5. The highest BCUT2D eigenvalue weighted by molar-refractivity contribution is 5.96. The summed E-state index contributed by atoms with van der Waals surface area (Å²) < 4.78 is 5.63. The summed E-state index contributed by atoms with van der Waals surface area (Å²) in [6.45, 7) is 6.57. The number of fused-ring (bicyclic) bond motifs is 9. The molecule has 3 nitrogen and oxygen atoms in total. The Hall–Kier alpha value is -2.68. The molecular weight excluding hydrogens is 430 g/mol. The van der Waals surface area contributed by atoms with Gasteiger partial charge in [-0.05, 0) is 96.2 Å². The molecule has 3 heteroatoms. The molecule has 0 aliphatic heterocycles. The first kappa shape index (κ1) is 21.6. The van der Waals surface area contributed by atoms with Crippen molar-refractivity contribution in [2.45, 2.75) is 77.2 Å². The minimum absolute atomic E-state index is 0.0695. The zero-order chi connectivity index (χ0) is 23.9. The molecule has 0 radical (unpaired) electrons. The van der Waals surface area contributed by atoms with E-state index < -0.39 is 0 Å². The van der Waals surface area contributed by atoms with Gasteiger partial charge in [0.2, 0.25) is 0 Å². The highest BCUT2D eigenvalue weighted by Gasteiger charge is 2.58. The number of carbonyl (C=O) groups is 1. The number of aromatic nitrogens is 1. The van der Waals surface area contributed by atoms with E-state index in [-0.39, 0.29) is 22.9 Å². The first-order valence-electron chi connectivity index (χ1n) is 13.5. The van der Waals surface area contributed by atoms with Crippen molar-refractivity contribution in [3.63, 3.8) is 0 Å². The molecule has 2 fully saturated rings. The lowest BCUT2D eigenvalue weighted by Crippen LogP contribution is -2.51. The van der Waals surface area contributed by atoms with E-state index in [0.29, 0.717) is 11.8 Å². The maximum absolute atomic E-state index is 11.6. The Morgan fingerprint density at radius 3 is 2.51 bits per heavy atom. The third kappa shape index (κ3) is 3.09. The maximum atomic E-state index is 11.6. The molecule has 2 aromatic carbocycles. The third-order valence-corrected chi connectivity index (χ3v) is 10.5. The van der Waals surface area contributed by atoms with Crippen LogP contribution < -0.4 is 0 Å². The monoisotopic (exact) mass is 465 g/mol. The van der Waals surface area contributed by atoms with Gasteiger partial charge in [0.05, 0.1) is 11.2 Å². The van der Waals surface area contributed by atoms with Gasteiger partial charge < -0.3 is 4.74 Å². The van der Waals surface area contributed by atoms with Crippen LogP contribution in [0.1, 0.15) is 70.6 Å². The van der Waals surface area contributed by atoms with Crippen LogP contribution >= 0.6 is 0 Å². The predicted octanol–water partition coefficient (Wildman–Crippen LogP) is 7.30. The van der Waals surface area contributed by atoms with Crippen molar-refractivity contribution in [1.29, 1.82) is 0 Å². The summed E-state index contributed by atoms with van der Waals surface area (Å²) in [5.41, 5.74) is 6.00. The van der Waals surface area contributed by atoms with Gasteiger partial charge in [0, 0.05) is 24.1 Å². The van der Waals surface area contributed by atoms with Crippen LogP contribution in [0.3, 0.4) is 0 Å². The van der Waals surface area contributed by atoms with E-state index in [1.54, 1.807) is 12.5 Å². The SMILES string of the molecule is CC(=O)OC1CC[C@@]2(C)C(=CCC3C2CC[C@]2(C)c4nc5cc6ccccc6cc5cc4CC32)C1. The lowest BCUT2D eigenvalue weighted by molar-refractivity contribution is -0.148. The van der Waals surface area contributed by atoms with Crippen molar-refractivity contribution in [3.8, 4) is 0 Å². The van der Waals surface area contributed by atoms with Crippen LogP contribution in [0, 0.1) is 23.2 Å². The summed E-state index contributed by atoms with van der Waals surface area (Å²) in [5.74, 6) is 1.96. The summed E-state index contributed by atoms with van der Waals surface area (Å²) >= 11 is 0. The fraction of sp³-hybridized carbons (Fsp3) is 0.500. The van der Waals surface area contributed by atoms with Gasteiger partial charge in [-0.15, -0.1) is 0 Å². The number of hydrogen-bond acceptors (Lipinski definition) is 3. The van der Waals surface area contributed by atoms with Crippen LogP contribution in [-0.4, -0.2) is 17.1 Å². The first-order valence-corrected chi connectivity index (χ1v) is 13.5. The van der Waals surface area contributed by atoms with Gasteiger partial charge in [-0.25, -0.2) is 0 Å². The molecule has 4 aliphatic carbocycles. The molecule has 4 unspecified atom stereocenters. The average Bonchev–Trinajstić information content (AvgIpc) is 3.12. The number of ether oxygens (including phenoxy) is 1. The predicted molar refractivity (Wildman–Crippen MR) is 140 cm³/mol. The van der Waals surface area contributed by atoms with Crippen LogP contribution in [0.2, 0.25) is 0 Å². The van der Waals surface area contributed by atoms with Crippen molar-refractivity contribution >= 4 is 27.6 Å². The van der Waals surface area contributed by atoms with Gasteiger partial charge in [0.1, 0.15) is 6.10 Å². The Morgan fingerprint density at radius 2 is 1.71 bits per heavy atom. The van der Waals surface area contributed by atoms with Crippen molar-refractivity contribution < 1.29 is 9.53 Å². The number of carbonyl (C=O) groups excluding carboxylic acids is 1. The summed E-state index contributed by atoms with van der Waals surface area (Å²) in [6.07, 6.45) is 10.5. The summed E-state index contributed by atoms with van der Waals surface area (Å²) in [4.78, 5) is 16.9. The number of esters is 1. The fourth-order valence-corrected chi connectivity index (χ4v) is 8.75. The van der Waals surface area contributed by atoms with Crippen LogP contribution in [0.25, 0.3) is 21.7 Å². The van der Waals surface area contributed by atoms with Crippen molar-refractivity contribution in [2.24, 2.45) is 23.2 Å². The molecule has 7 rings (SSSR count). The van der Waals surface area contributed by atoms with Gasteiger partial charge in [-0.3, -0.25) is 9.78 Å². The third-order valence-electron chi connectivity index (χ3n) is 10.5. The number of pyridine rings is 1. The largest absolute Gasteiger partial charge is 0.462 e. The van der Waals surface area contributed by atoms with Gasteiger partial charge in [0.15, 0.2) is 0 Å². The lowest BCUT2D eigenvalue weighted by atomic mass is 9.48. The second-order valence-electron chi connectivity index (χ2n) is 12.3. The van der Waals surface area contributed by atoms with Crippen LogP contribution in [0.15, 0.2) is 54.1 Å². The molecule has 1 aromatic heterocycles. The molecule has 1 heterocycles. The molecule has 3 aromatic rings. The average molecular weight is 466 g/mol. The summed E-state index contributed by atoms with van der Waals surface area (Å²) in [7, 11) is 0. The van der Waals surface area contributed by atoms with Gasteiger partial charge in [0.25, 0.3) is 0 Å². The number of nitrogens with zero attached hydrogens (tertiary/aromatic N) is 1. The Balaban J connectivity index is 1.25. The van der Waals surface area contributed by atoms with Crippen molar-refractivity contribution in [3.05, 3.63) is 65.4 Å². The van der Waals surface area contributed by atoms with E-state index in [1.165, 1.54) is 46.7 Å². The molecule has 0 N–H and O–H groups in total. The normalized spacial score (nSPS) is 35.6. The van der Waals surface area contributed by atoms with E-state index in [4.69, 9.17) is 9.72 Å². The Bertz CT molecular complexity index is 1410. The first-order chi connectivity index (χ1) is 16.8. The summed E-state index contributed by atoms with van der Waals surface area (Å²) in [6, 6.07) is 15.7. The number of benzene rings is 2. The number of allylic oxidation sites excluding steroid dienone is 1. The molecule has 0 spiro atoms. The minimum Gasteiger partial charge on any atom is -0.462 e.